The minimum Gasteiger partial charge on any atom is -0.492 e. The number of halogens is 4. The van der Waals surface area contributed by atoms with Gasteiger partial charge in [-0.05, 0) is 37.6 Å². The van der Waals surface area contributed by atoms with E-state index in [9.17, 15) is 18.3 Å². The van der Waals surface area contributed by atoms with E-state index in [0.29, 0.717) is 37.8 Å². The number of ether oxygens (including phenoxy) is 1. The summed E-state index contributed by atoms with van der Waals surface area (Å²) in [5.74, 6) is 1.09. The molecule has 1 fully saturated rings. The number of nitrogens with one attached hydrogen (secondary N) is 1. The zero-order valence-electron chi connectivity index (χ0n) is 13.9. The Morgan fingerprint density at radius 2 is 2.04 bits per heavy atom. The molecule has 0 amide bonds. The summed E-state index contributed by atoms with van der Waals surface area (Å²) in [5.41, 5.74) is -0.699. The number of aliphatic hydroxyl groups excluding tert-OH is 1. The molecule has 25 heavy (non-hydrogen) atoms. The Hall–Kier alpha value is -1.23. The molecule has 0 bridgehead atoms. The van der Waals surface area contributed by atoms with Crippen LogP contribution >= 0.6 is 24.0 Å². The SMILES string of the molecule is CCNC(=NCCOc1ccc(C(F)(F)F)cc1)N1CC[C@@H](O)C1.I. The molecule has 2 rings (SSSR count). The lowest BCUT2D eigenvalue weighted by Crippen LogP contribution is -2.40. The molecule has 1 aromatic rings. The minimum absolute atomic E-state index is 0. The van der Waals surface area contributed by atoms with Crippen LogP contribution in [0.4, 0.5) is 13.2 Å². The van der Waals surface area contributed by atoms with Gasteiger partial charge in [0.1, 0.15) is 12.4 Å². The van der Waals surface area contributed by atoms with E-state index in [1.54, 1.807) is 0 Å². The van der Waals surface area contributed by atoms with Crippen LogP contribution in [-0.2, 0) is 6.18 Å². The van der Waals surface area contributed by atoms with E-state index in [1.165, 1.54) is 12.1 Å². The molecule has 0 aromatic heterocycles. The number of alkyl halides is 3. The van der Waals surface area contributed by atoms with Crippen LogP contribution in [0.3, 0.4) is 0 Å². The van der Waals surface area contributed by atoms with Gasteiger partial charge >= 0.3 is 6.18 Å². The van der Waals surface area contributed by atoms with Crippen molar-refractivity contribution < 1.29 is 23.0 Å². The summed E-state index contributed by atoms with van der Waals surface area (Å²) in [7, 11) is 0. The molecule has 1 saturated heterocycles. The molecule has 1 aliphatic heterocycles. The van der Waals surface area contributed by atoms with Gasteiger partial charge in [0, 0.05) is 19.6 Å². The summed E-state index contributed by atoms with van der Waals surface area (Å²) in [6.07, 6.45) is -3.96. The van der Waals surface area contributed by atoms with Crippen molar-refractivity contribution in [3.8, 4) is 5.75 Å². The highest BCUT2D eigenvalue weighted by molar-refractivity contribution is 14.0. The largest absolute Gasteiger partial charge is 0.492 e. The van der Waals surface area contributed by atoms with Crippen molar-refractivity contribution >= 4 is 29.9 Å². The molecule has 2 N–H and O–H groups in total. The molecule has 0 radical (unpaired) electrons. The van der Waals surface area contributed by atoms with E-state index in [-0.39, 0.29) is 36.7 Å². The Balaban J connectivity index is 0.00000312. The van der Waals surface area contributed by atoms with Gasteiger partial charge in [-0.25, -0.2) is 4.99 Å². The van der Waals surface area contributed by atoms with Crippen LogP contribution in [0.5, 0.6) is 5.75 Å². The molecule has 1 atom stereocenters. The lowest BCUT2D eigenvalue weighted by Gasteiger charge is -2.20. The molecule has 0 aliphatic carbocycles. The van der Waals surface area contributed by atoms with Crippen molar-refractivity contribution in [3.63, 3.8) is 0 Å². The molecule has 0 unspecified atom stereocenters. The monoisotopic (exact) mass is 473 g/mol. The predicted octanol–water partition coefficient (Wildman–Crippen LogP) is 2.73. The van der Waals surface area contributed by atoms with Crippen LogP contribution in [0.2, 0.25) is 0 Å². The zero-order chi connectivity index (χ0) is 17.6. The van der Waals surface area contributed by atoms with Crippen molar-refractivity contribution in [2.75, 3.05) is 32.8 Å². The van der Waals surface area contributed by atoms with Gasteiger partial charge in [-0.15, -0.1) is 24.0 Å². The van der Waals surface area contributed by atoms with E-state index in [2.05, 4.69) is 10.3 Å². The van der Waals surface area contributed by atoms with Crippen LogP contribution in [0, 0.1) is 0 Å². The number of nitrogens with zero attached hydrogens (tertiary/aromatic N) is 2. The average Bonchev–Trinajstić information content (AvgIpc) is 2.96. The predicted molar refractivity (Wildman–Crippen MR) is 101 cm³/mol. The second-order valence-corrected chi connectivity index (χ2v) is 5.49. The smallest absolute Gasteiger partial charge is 0.416 e. The second-order valence-electron chi connectivity index (χ2n) is 5.49. The molecular formula is C16H23F3IN3O2. The third-order valence-corrected chi connectivity index (χ3v) is 3.60. The van der Waals surface area contributed by atoms with Gasteiger partial charge in [0.2, 0.25) is 0 Å². The van der Waals surface area contributed by atoms with E-state index in [4.69, 9.17) is 4.74 Å². The third kappa shape index (κ3) is 6.89. The van der Waals surface area contributed by atoms with Crippen molar-refractivity contribution in [1.82, 2.24) is 10.2 Å². The summed E-state index contributed by atoms with van der Waals surface area (Å²) >= 11 is 0. The van der Waals surface area contributed by atoms with Crippen molar-refractivity contribution in [2.24, 2.45) is 4.99 Å². The van der Waals surface area contributed by atoms with Gasteiger partial charge in [-0.1, -0.05) is 0 Å². The molecule has 142 valence electrons. The lowest BCUT2D eigenvalue weighted by molar-refractivity contribution is -0.137. The molecule has 9 heteroatoms. The fraction of sp³-hybridized carbons (Fsp3) is 0.562. The fourth-order valence-electron chi connectivity index (χ4n) is 2.42. The molecule has 1 heterocycles. The highest BCUT2D eigenvalue weighted by Crippen LogP contribution is 2.30. The molecule has 1 aliphatic rings. The molecule has 0 saturated carbocycles. The van der Waals surface area contributed by atoms with Crippen molar-refractivity contribution in [1.29, 1.82) is 0 Å². The van der Waals surface area contributed by atoms with Gasteiger partial charge in [-0.2, -0.15) is 13.2 Å². The first kappa shape index (κ1) is 21.8. The van der Waals surface area contributed by atoms with Crippen LogP contribution in [0.15, 0.2) is 29.3 Å². The Bertz CT molecular complexity index is 553. The first-order valence-corrected chi connectivity index (χ1v) is 7.91. The van der Waals surface area contributed by atoms with E-state index >= 15 is 0 Å². The average molecular weight is 473 g/mol. The Labute approximate surface area is 162 Å². The number of hydrogen-bond donors (Lipinski definition) is 2. The van der Waals surface area contributed by atoms with Gasteiger partial charge in [0.15, 0.2) is 5.96 Å². The van der Waals surface area contributed by atoms with E-state index in [1.807, 2.05) is 11.8 Å². The number of guanidine groups is 1. The maximum absolute atomic E-state index is 12.5. The van der Waals surface area contributed by atoms with Crippen LogP contribution in [0.25, 0.3) is 0 Å². The number of rotatable bonds is 5. The number of aliphatic imine (C=N–C) groups is 1. The highest BCUT2D eigenvalue weighted by Gasteiger charge is 2.30. The summed E-state index contributed by atoms with van der Waals surface area (Å²) in [6.45, 7) is 4.59. The maximum atomic E-state index is 12.5. The number of aliphatic hydroxyl groups is 1. The van der Waals surface area contributed by atoms with Gasteiger partial charge in [0.05, 0.1) is 18.2 Å². The molecule has 0 spiro atoms. The van der Waals surface area contributed by atoms with Crippen LogP contribution in [0.1, 0.15) is 18.9 Å². The van der Waals surface area contributed by atoms with Crippen LogP contribution in [-0.4, -0.2) is 54.9 Å². The number of hydrogen-bond acceptors (Lipinski definition) is 3. The summed E-state index contributed by atoms with van der Waals surface area (Å²) in [5, 5.41) is 12.7. The third-order valence-electron chi connectivity index (χ3n) is 3.60. The maximum Gasteiger partial charge on any atom is 0.416 e. The number of β-amino-alcohol motifs (C(OH)–C–C–N with tert-alkyl or cyclic N) is 1. The number of likely N-dealkylation sites (tertiary alicyclic amines) is 1. The first-order valence-electron chi connectivity index (χ1n) is 7.91. The van der Waals surface area contributed by atoms with Crippen molar-refractivity contribution in [2.45, 2.75) is 25.6 Å². The molecular weight excluding hydrogens is 450 g/mol. The zero-order valence-corrected chi connectivity index (χ0v) is 16.3. The molecule has 5 nitrogen and oxygen atoms in total. The van der Waals surface area contributed by atoms with Gasteiger partial charge in [-0.3, -0.25) is 0 Å². The highest BCUT2D eigenvalue weighted by atomic mass is 127. The van der Waals surface area contributed by atoms with Gasteiger partial charge < -0.3 is 20.1 Å². The second kappa shape index (κ2) is 10.0. The molecule has 1 aromatic carbocycles. The van der Waals surface area contributed by atoms with Crippen LogP contribution < -0.4 is 10.1 Å². The Kier molecular flexibility index (Phi) is 8.77. The lowest BCUT2D eigenvalue weighted by atomic mass is 10.2. The fourth-order valence-corrected chi connectivity index (χ4v) is 2.42. The Morgan fingerprint density at radius 1 is 1.36 bits per heavy atom. The van der Waals surface area contributed by atoms with E-state index < -0.39 is 11.7 Å². The van der Waals surface area contributed by atoms with E-state index in [0.717, 1.165) is 18.7 Å². The topological polar surface area (TPSA) is 57.1 Å². The summed E-state index contributed by atoms with van der Waals surface area (Å²) < 4.78 is 42.8. The van der Waals surface area contributed by atoms with Gasteiger partial charge in [0.25, 0.3) is 0 Å². The first-order chi connectivity index (χ1) is 11.4. The normalized spacial score (nSPS) is 18.0. The Morgan fingerprint density at radius 3 is 2.56 bits per heavy atom. The standard InChI is InChI=1S/C16H22F3N3O2.HI/c1-2-20-15(22-9-7-13(23)11-22)21-8-10-24-14-5-3-12(4-6-14)16(17,18)19;/h3-6,13,23H,2,7-11H2,1H3,(H,20,21);1H/t13-;/m1./s1. The van der Waals surface area contributed by atoms with Crippen molar-refractivity contribution in [3.05, 3.63) is 29.8 Å². The minimum atomic E-state index is -4.34. The summed E-state index contributed by atoms with van der Waals surface area (Å²) in [6, 6.07) is 4.59. The summed E-state index contributed by atoms with van der Waals surface area (Å²) in [4.78, 5) is 6.40. The number of benzene rings is 1. The quantitative estimate of drug-likeness (QED) is 0.299.